The van der Waals surface area contributed by atoms with Crippen LogP contribution in [0.25, 0.3) is 0 Å². The topological polar surface area (TPSA) is 12.0 Å². The van der Waals surface area contributed by atoms with Crippen molar-refractivity contribution >= 4 is 11.8 Å². The lowest BCUT2D eigenvalue weighted by Crippen LogP contribution is -2.10. The van der Waals surface area contributed by atoms with Gasteiger partial charge in [0.05, 0.1) is 5.88 Å². The van der Waals surface area contributed by atoms with Crippen LogP contribution in [0, 0.1) is 0 Å². The Balaban J connectivity index is 2.40. The average Bonchev–Trinajstić information content (AvgIpc) is 1.69. The Morgan fingerprint density at radius 3 is 3.00 bits per heavy atom. The van der Waals surface area contributed by atoms with Gasteiger partial charge in [0.2, 0.25) is 0 Å². The summed E-state index contributed by atoms with van der Waals surface area (Å²) >= 11 is 1.92. The minimum absolute atomic E-state index is 1.08. The van der Waals surface area contributed by atoms with Crippen LogP contribution < -0.4 is 5.32 Å². The fraction of sp³-hybridized carbons (Fsp3) is 0.600. The van der Waals surface area contributed by atoms with Crippen LogP contribution in [0.4, 0.5) is 0 Å². The highest BCUT2D eigenvalue weighted by atomic mass is 32.2. The van der Waals surface area contributed by atoms with Gasteiger partial charge < -0.3 is 5.32 Å². The Morgan fingerprint density at radius 1 is 1.86 bits per heavy atom. The summed E-state index contributed by atoms with van der Waals surface area (Å²) in [5.41, 5.74) is 1.44. The average molecular weight is 115 g/mol. The molecule has 0 aliphatic carbocycles. The van der Waals surface area contributed by atoms with Crippen molar-refractivity contribution in [1.82, 2.24) is 5.32 Å². The first-order valence-corrected chi connectivity index (χ1v) is 3.52. The summed E-state index contributed by atoms with van der Waals surface area (Å²) in [6.07, 6.45) is 2.08. The molecule has 2 heteroatoms. The molecule has 1 nitrogen and oxygen atoms in total. The predicted octanol–water partition coefficient (Wildman–Crippen LogP) is 1.18. The lowest BCUT2D eigenvalue weighted by atomic mass is 10.4. The van der Waals surface area contributed by atoms with E-state index in [1.807, 2.05) is 11.8 Å². The molecule has 1 heterocycles. The number of rotatable bonds is 0. The first-order chi connectivity index (χ1) is 3.39. The van der Waals surface area contributed by atoms with Crippen molar-refractivity contribution in [2.45, 2.75) is 6.92 Å². The van der Waals surface area contributed by atoms with Crippen LogP contribution >= 0.6 is 11.8 Å². The zero-order valence-electron chi connectivity index (χ0n) is 4.40. The first kappa shape index (κ1) is 5.04. The normalized spacial score (nSPS) is 20.4. The van der Waals surface area contributed by atoms with Crippen molar-refractivity contribution < 1.29 is 0 Å². The number of nitrogens with one attached hydrogen (secondary N) is 1. The predicted molar refractivity (Wildman–Crippen MR) is 34.2 cm³/mol. The maximum absolute atomic E-state index is 3.14. The van der Waals surface area contributed by atoms with Gasteiger partial charge in [0.1, 0.15) is 0 Å². The Kier molecular flexibility index (Phi) is 1.63. The molecule has 0 radical (unpaired) electrons. The molecule has 0 saturated carbocycles. The molecule has 0 fully saturated rings. The zero-order chi connectivity index (χ0) is 5.11. The van der Waals surface area contributed by atoms with Crippen molar-refractivity contribution in [2.24, 2.45) is 0 Å². The van der Waals surface area contributed by atoms with Crippen molar-refractivity contribution in [3.8, 4) is 0 Å². The Morgan fingerprint density at radius 2 is 2.71 bits per heavy atom. The largest absolute Gasteiger partial charge is 0.382 e. The zero-order valence-corrected chi connectivity index (χ0v) is 5.22. The van der Waals surface area contributed by atoms with Gasteiger partial charge in [-0.1, -0.05) is 0 Å². The number of hydrogen-bond acceptors (Lipinski definition) is 2. The standard InChI is InChI=1S/C5H9NS/c1-5-2-6-4-7-3-5/h2,6H,3-4H2,1H3. The van der Waals surface area contributed by atoms with Crippen LogP contribution in [0.5, 0.6) is 0 Å². The summed E-state index contributed by atoms with van der Waals surface area (Å²) < 4.78 is 0. The SMILES string of the molecule is CC1=CNCSC1. The number of thioether (sulfide) groups is 1. The van der Waals surface area contributed by atoms with Crippen LogP contribution in [0.15, 0.2) is 11.8 Å². The van der Waals surface area contributed by atoms with Crippen LogP contribution in [0.2, 0.25) is 0 Å². The van der Waals surface area contributed by atoms with E-state index in [2.05, 4.69) is 18.4 Å². The van der Waals surface area contributed by atoms with Crippen molar-refractivity contribution in [1.29, 1.82) is 0 Å². The molecule has 7 heavy (non-hydrogen) atoms. The molecule has 0 saturated heterocycles. The highest BCUT2D eigenvalue weighted by molar-refractivity contribution is 7.99. The van der Waals surface area contributed by atoms with Gasteiger partial charge >= 0.3 is 0 Å². The van der Waals surface area contributed by atoms with Crippen molar-refractivity contribution in [3.05, 3.63) is 11.8 Å². The molecule has 1 aliphatic heterocycles. The van der Waals surface area contributed by atoms with Crippen molar-refractivity contribution in [3.63, 3.8) is 0 Å². The van der Waals surface area contributed by atoms with Gasteiger partial charge in [-0.3, -0.25) is 0 Å². The fourth-order valence-electron chi connectivity index (χ4n) is 0.529. The van der Waals surface area contributed by atoms with Gasteiger partial charge in [0, 0.05) is 5.75 Å². The third kappa shape index (κ3) is 1.43. The lowest BCUT2D eigenvalue weighted by molar-refractivity contribution is 1.02. The molecule has 0 aromatic rings. The summed E-state index contributed by atoms with van der Waals surface area (Å²) in [6, 6.07) is 0. The van der Waals surface area contributed by atoms with Gasteiger partial charge in [0.25, 0.3) is 0 Å². The molecule has 0 atom stereocenters. The van der Waals surface area contributed by atoms with Gasteiger partial charge in [-0.2, -0.15) is 0 Å². The summed E-state index contributed by atoms with van der Waals surface area (Å²) in [4.78, 5) is 0. The van der Waals surface area contributed by atoms with Gasteiger partial charge in [-0.25, -0.2) is 0 Å². The minimum atomic E-state index is 1.08. The summed E-state index contributed by atoms with van der Waals surface area (Å²) in [5, 5.41) is 3.14. The fourth-order valence-corrected chi connectivity index (χ4v) is 1.24. The smallest absolute Gasteiger partial charge is 0.0608 e. The summed E-state index contributed by atoms with van der Waals surface area (Å²) in [5.74, 6) is 2.28. The molecule has 1 aliphatic rings. The van der Waals surface area contributed by atoms with E-state index in [9.17, 15) is 0 Å². The van der Waals surface area contributed by atoms with E-state index in [1.165, 1.54) is 11.3 Å². The van der Waals surface area contributed by atoms with Gasteiger partial charge in [0.15, 0.2) is 0 Å². The monoisotopic (exact) mass is 115 g/mol. The molecule has 0 bridgehead atoms. The van der Waals surface area contributed by atoms with Gasteiger partial charge in [-0.05, 0) is 18.7 Å². The van der Waals surface area contributed by atoms with Crippen LogP contribution in [-0.2, 0) is 0 Å². The molecule has 40 valence electrons. The second-order valence-corrected chi connectivity index (χ2v) is 2.67. The summed E-state index contributed by atoms with van der Waals surface area (Å²) in [7, 11) is 0. The molecule has 0 aromatic carbocycles. The molecular weight excluding hydrogens is 106 g/mol. The van der Waals surface area contributed by atoms with E-state index in [4.69, 9.17) is 0 Å². The van der Waals surface area contributed by atoms with E-state index >= 15 is 0 Å². The summed E-state index contributed by atoms with van der Waals surface area (Å²) in [6.45, 7) is 2.14. The molecule has 1 N–H and O–H groups in total. The highest BCUT2D eigenvalue weighted by Gasteiger charge is 1.93. The molecule has 0 spiro atoms. The van der Waals surface area contributed by atoms with E-state index in [-0.39, 0.29) is 0 Å². The quantitative estimate of drug-likeness (QED) is 0.509. The third-order valence-corrected chi connectivity index (χ3v) is 1.89. The molecule has 0 amide bonds. The molecule has 0 aromatic heterocycles. The first-order valence-electron chi connectivity index (χ1n) is 2.36. The van der Waals surface area contributed by atoms with Crippen LogP contribution in [0.1, 0.15) is 6.92 Å². The minimum Gasteiger partial charge on any atom is -0.382 e. The number of hydrogen-bond donors (Lipinski definition) is 1. The molecule has 0 unspecified atom stereocenters. The maximum atomic E-state index is 3.14. The Labute approximate surface area is 48.2 Å². The second kappa shape index (κ2) is 2.26. The van der Waals surface area contributed by atoms with E-state index in [0.29, 0.717) is 0 Å². The van der Waals surface area contributed by atoms with Crippen molar-refractivity contribution in [2.75, 3.05) is 11.6 Å². The van der Waals surface area contributed by atoms with E-state index < -0.39 is 0 Å². The Bertz CT molecular complexity index is 88.1. The van der Waals surface area contributed by atoms with Gasteiger partial charge in [-0.15, -0.1) is 11.8 Å². The van der Waals surface area contributed by atoms with Crippen LogP contribution in [-0.4, -0.2) is 11.6 Å². The lowest BCUT2D eigenvalue weighted by Gasteiger charge is -2.08. The maximum Gasteiger partial charge on any atom is 0.0608 e. The van der Waals surface area contributed by atoms with E-state index in [1.54, 1.807) is 0 Å². The van der Waals surface area contributed by atoms with E-state index in [0.717, 1.165) is 5.88 Å². The second-order valence-electron chi connectivity index (χ2n) is 1.69. The highest BCUT2D eigenvalue weighted by Crippen LogP contribution is 2.08. The molecular formula is C5H9NS. The van der Waals surface area contributed by atoms with Crippen LogP contribution in [0.3, 0.4) is 0 Å². The third-order valence-electron chi connectivity index (χ3n) is 0.864. The molecule has 1 rings (SSSR count). The Hall–Kier alpha value is -0.110.